The van der Waals surface area contributed by atoms with Gasteiger partial charge in [0.1, 0.15) is 0 Å². The highest BCUT2D eigenvalue weighted by atomic mass is 31.1. The third kappa shape index (κ3) is 3.42. The predicted molar refractivity (Wildman–Crippen MR) is 91.6 cm³/mol. The van der Waals surface area contributed by atoms with Crippen molar-refractivity contribution in [1.29, 1.82) is 0 Å². The summed E-state index contributed by atoms with van der Waals surface area (Å²) in [6.07, 6.45) is 18.2. The molecule has 0 spiro atoms. The van der Waals surface area contributed by atoms with E-state index < -0.39 is 7.55 Å². The first kappa shape index (κ1) is 14.7. The van der Waals surface area contributed by atoms with Gasteiger partial charge in [0.25, 0.3) is 0 Å². The lowest BCUT2D eigenvalue weighted by Crippen LogP contribution is -1.99. The fourth-order valence-corrected chi connectivity index (χ4v) is 6.74. The molecule has 0 aromatic rings. The summed E-state index contributed by atoms with van der Waals surface area (Å²) in [6.45, 7) is 10.1. The van der Waals surface area contributed by atoms with Gasteiger partial charge in [-0.25, -0.2) is 0 Å². The van der Waals surface area contributed by atoms with Crippen molar-refractivity contribution >= 4 is 12.8 Å². The number of hydrogen-bond donors (Lipinski definition) is 0. The highest BCUT2D eigenvalue weighted by Gasteiger charge is 2.27. The maximum atomic E-state index is 3.93. The lowest BCUT2D eigenvalue weighted by molar-refractivity contribution is 0.777. The normalized spacial score (nSPS) is 25.0. The molecule has 1 heterocycles. The Labute approximate surface area is 119 Å². The summed E-state index contributed by atoms with van der Waals surface area (Å²) in [5.41, 5.74) is 1.60. The highest BCUT2D eigenvalue weighted by molar-refractivity contribution is 7.63. The second kappa shape index (κ2) is 7.15. The van der Waals surface area contributed by atoms with Crippen molar-refractivity contribution in [1.82, 2.24) is 0 Å². The van der Waals surface area contributed by atoms with Crippen LogP contribution in [0.15, 0.2) is 48.3 Å². The van der Waals surface area contributed by atoms with Gasteiger partial charge in [-0.15, -0.1) is 13.2 Å². The number of unbranched alkanes of at least 4 members (excludes halogenated alkanes) is 2. The van der Waals surface area contributed by atoms with Crippen LogP contribution < -0.4 is 0 Å². The number of hydrogen-bond acceptors (Lipinski definition) is 0. The van der Waals surface area contributed by atoms with Gasteiger partial charge in [-0.1, -0.05) is 62.5 Å². The van der Waals surface area contributed by atoms with Gasteiger partial charge in [-0.05, 0) is 37.2 Å². The second-order valence-corrected chi connectivity index (χ2v) is 8.41. The maximum absolute atomic E-state index is 3.93. The van der Waals surface area contributed by atoms with Crippen molar-refractivity contribution in [2.24, 2.45) is 5.92 Å². The molecule has 0 saturated carbocycles. The predicted octanol–water partition coefficient (Wildman–Crippen LogP) is 5.56. The topological polar surface area (TPSA) is 0 Å². The van der Waals surface area contributed by atoms with Crippen LogP contribution in [0.3, 0.4) is 0 Å². The summed E-state index contributed by atoms with van der Waals surface area (Å²) in [5.74, 6) is 0.667. The maximum Gasteiger partial charge on any atom is 0.0174 e. The van der Waals surface area contributed by atoms with E-state index in [0.29, 0.717) is 5.92 Å². The summed E-state index contributed by atoms with van der Waals surface area (Å²) in [7, 11) is -0.391. The van der Waals surface area contributed by atoms with Gasteiger partial charge >= 0.3 is 0 Å². The number of allylic oxidation sites excluding steroid dienone is 6. The summed E-state index contributed by atoms with van der Waals surface area (Å²) in [5, 5.41) is 3.58. The molecule has 1 aliphatic heterocycles. The molecule has 2 atom stereocenters. The van der Waals surface area contributed by atoms with Crippen LogP contribution in [0.2, 0.25) is 0 Å². The Morgan fingerprint density at radius 2 is 2.00 bits per heavy atom. The van der Waals surface area contributed by atoms with E-state index in [-0.39, 0.29) is 0 Å². The monoisotopic (exact) mass is 274 g/mol. The smallest absolute Gasteiger partial charge is 0.0174 e. The first-order valence-corrected chi connectivity index (χ1v) is 9.35. The zero-order chi connectivity index (χ0) is 13.7. The quantitative estimate of drug-likeness (QED) is 0.309. The van der Waals surface area contributed by atoms with Gasteiger partial charge in [0.2, 0.25) is 0 Å². The van der Waals surface area contributed by atoms with E-state index in [4.69, 9.17) is 0 Å². The number of fused-ring (bicyclic) bond motifs is 1. The zero-order valence-electron chi connectivity index (χ0n) is 12.3. The van der Waals surface area contributed by atoms with Crippen LogP contribution in [-0.2, 0) is 0 Å². The van der Waals surface area contributed by atoms with E-state index in [1.54, 1.807) is 10.9 Å². The molecule has 0 aromatic heterocycles. The van der Waals surface area contributed by atoms with E-state index in [1.807, 2.05) is 11.4 Å². The van der Waals surface area contributed by atoms with Crippen molar-refractivity contribution in [2.45, 2.75) is 45.4 Å². The van der Waals surface area contributed by atoms with Crippen LogP contribution >= 0.6 is 7.55 Å². The Bertz CT molecular complexity index is 448. The van der Waals surface area contributed by atoms with Gasteiger partial charge < -0.3 is 0 Å². The highest BCUT2D eigenvalue weighted by Crippen LogP contribution is 2.51. The standard InChI is InChI=1S/C18H27P/c1-4-7-8-11-19-17(10-6-3)14-16-12-15(9-5-2)13-18(16)19/h5-6,12,14,16,19H,2-4,7-11,13H2,1H3. The van der Waals surface area contributed by atoms with Gasteiger partial charge in [0.05, 0.1) is 0 Å². The molecule has 19 heavy (non-hydrogen) atoms. The van der Waals surface area contributed by atoms with E-state index in [2.05, 4.69) is 38.3 Å². The molecule has 0 saturated heterocycles. The minimum atomic E-state index is -0.391. The SMILES string of the molecule is C=CCC1=CC2C=C(CC=C)[PH](CCCCC)=C2C1. The van der Waals surface area contributed by atoms with E-state index in [0.717, 1.165) is 12.8 Å². The van der Waals surface area contributed by atoms with Crippen LogP contribution in [0.1, 0.15) is 45.4 Å². The molecule has 0 bridgehead atoms. The van der Waals surface area contributed by atoms with E-state index in [1.165, 1.54) is 31.8 Å². The Morgan fingerprint density at radius 1 is 1.21 bits per heavy atom. The van der Waals surface area contributed by atoms with Crippen LogP contribution in [-0.4, -0.2) is 11.5 Å². The molecule has 0 amide bonds. The van der Waals surface area contributed by atoms with Gasteiger partial charge in [-0.3, -0.25) is 0 Å². The van der Waals surface area contributed by atoms with Gasteiger partial charge in [0.15, 0.2) is 0 Å². The zero-order valence-corrected chi connectivity index (χ0v) is 13.3. The molecular weight excluding hydrogens is 247 g/mol. The molecule has 2 rings (SSSR count). The van der Waals surface area contributed by atoms with Crippen molar-refractivity contribution in [3.05, 3.63) is 48.3 Å². The largest absolute Gasteiger partial charge is 0.103 e. The van der Waals surface area contributed by atoms with E-state index >= 15 is 0 Å². The number of rotatable bonds is 8. The lowest BCUT2D eigenvalue weighted by atomic mass is 10.1. The minimum absolute atomic E-state index is 0.391. The molecule has 2 unspecified atom stereocenters. The molecule has 0 fully saturated rings. The van der Waals surface area contributed by atoms with Crippen molar-refractivity contribution in [3.8, 4) is 0 Å². The minimum Gasteiger partial charge on any atom is -0.103 e. The van der Waals surface area contributed by atoms with Crippen LogP contribution in [0.5, 0.6) is 0 Å². The lowest BCUT2D eigenvalue weighted by Gasteiger charge is -2.12. The first-order valence-electron chi connectivity index (χ1n) is 7.64. The van der Waals surface area contributed by atoms with Crippen LogP contribution in [0.4, 0.5) is 0 Å². The Balaban J connectivity index is 2.13. The van der Waals surface area contributed by atoms with E-state index in [9.17, 15) is 0 Å². The summed E-state index contributed by atoms with van der Waals surface area (Å²) < 4.78 is 0. The molecule has 0 radical (unpaired) electrons. The molecule has 0 nitrogen and oxygen atoms in total. The molecule has 2 aliphatic rings. The Morgan fingerprint density at radius 3 is 2.68 bits per heavy atom. The summed E-state index contributed by atoms with van der Waals surface area (Å²) in [4.78, 5) is 0. The summed E-state index contributed by atoms with van der Waals surface area (Å²) >= 11 is 0. The Hall–Kier alpha value is -0.740. The molecule has 104 valence electrons. The van der Waals surface area contributed by atoms with Crippen molar-refractivity contribution in [2.75, 3.05) is 6.16 Å². The molecule has 0 N–H and O–H groups in total. The van der Waals surface area contributed by atoms with Crippen molar-refractivity contribution in [3.63, 3.8) is 0 Å². The molecular formula is C18H27P. The third-order valence-electron chi connectivity index (χ3n) is 4.19. The molecule has 1 aliphatic carbocycles. The fourth-order valence-electron chi connectivity index (χ4n) is 3.30. The second-order valence-electron chi connectivity index (χ2n) is 5.67. The van der Waals surface area contributed by atoms with Crippen LogP contribution in [0, 0.1) is 5.92 Å². The van der Waals surface area contributed by atoms with Gasteiger partial charge in [0, 0.05) is 5.92 Å². The molecule has 1 heteroatoms. The molecule has 0 aromatic carbocycles. The average Bonchev–Trinajstić information content (AvgIpc) is 2.90. The van der Waals surface area contributed by atoms with Crippen LogP contribution in [0.25, 0.3) is 0 Å². The Kier molecular flexibility index (Phi) is 5.52. The first-order chi connectivity index (χ1) is 9.30. The fraction of sp³-hybridized carbons (Fsp3) is 0.500. The van der Waals surface area contributed by atoms with Crippen molar-refractivity contribution < 1.29 is 0 Å². The third-order valence-corrected chi connectivity index (χ3v) is 7.48. The van der Waals surface area contributed by atoms with Gasteiger partial charge in [-0.2, -0.15) is 0 Å². The summed E-state index contributed by atoms with van der Waals surface area (Å²) in [6, 6.07) is 0. The average molecular weight is 274 g/mol.